The Balaban J connectivity index is 1.84. The lowest BCUT2D eigenvalue weighted by molar-refractivity contribution is -0.130. The molecule has 0 atom stereocenters. The molecule has 0 aliphatic rings. The zero-order valence-electron chi connectivity index (χ0n) is 16.5. The molecular formula is C22H28N2O3. The van der Waals surface area contributed by atoms with Gasteiger partial charge >= 0.3 is 0 Å². The number of amides is 2. The van der Waals surface area contributed by atoms with Crippen molar-refractivity contribution in [3.05, 3.63) is 59.7 Å². The number of carbonyl (C=O) groups excluding carboxylic acids is 2. The van der Waals surface area contributed by atoms with Crippen molar-refractivity contribution in [2.75, 3.05) is 26.0 Å². The summed E-state index contributed by atoms with van der Waals surface area (Å²) in [6.07, 6.45) is 1.37. The smallest absolute Gasteiger partial charge is 0.259 e. The minimum absolute atomic E-state index is 0.00842. The zero-order chi connectivity index (χ0) is 19.8. The van der Waals surface area contributed by atoms with E-state index in [9.17, 15) is 9.59 Å². The molecule has 0 aliphatic heterocycles. The lowest BCUT2D eigenvalue weighted by Crippen LogP contribution is -2.27. The molecular weight excluding hydrogens is 340 g/mol. The summed E-state index contributed by atoms with van der Waals surface area (Å²) in [5, 5.41) is 2.88. The normalized spacial score (nSPS) is 10.6. The number of hydrogen-bond donors (Lipinski definition) is 1. The molecule has 0 unspecified atom stereocenters. The molecule has 0 saturated heterocycles. The Labute approximate surface area is 161 Å². The van der Waals surface area contributed by atoms with Crippen molar-refractivity contribution >= 4 is 17.5 Å². The second-order valence-electron chi connectivity index (χ2n) is 7.24. The Bertz CT molecular complexity index is 750. The zero-order valence-corrected chi connectivity index (χ0v) is 16.5. The highest BCUT2D eigenvalue weighted by molar-refractivity contribution is 5.92. The van der Waals surface area contributed by atoms with Crippen LogP contribution in [0.25, 0.3) is 0 Å². The summed E-state index contributed by atoms with van der Waals surface area (Å²) >= 11 is 0. The number of nitrogens with one attached hydrogen (secondary N) is 1. The van der Waals surface area contributed by atoms with Gasteiger partial charge in [0, 0.05) is 19.8 Å². The lowest BCUT2D eigenvalue weighted by Gasteiger charge is -2.12. The van der Waals surface area contributed by atoms with E-state index >= 15 is 0 Å². The van der Waals surface area contributed by atoms with Crippen LogP contribution in [-0.4, -0.2) is 37.4 Å². The van der Waals surface area contributed by atoms with Gasteiger partial charge in [0.2, 0.25) is 5.91 Å². The van der Waals surface area contributed by atoms with Crippen molar-refractivity contribution in [1.29, 1.82) is 0 Å². The summed E-state index contributed by atoms with van der Waals surface area (Å²) in [5.41, 5.74) is 2.97. The Morgan fingerprint density at radius 3 is 2.11 bits per heavy atom. The van der Waals surface area contributed by atoms with Crippen molar-refractivity contribution in [3.63, 3.8) is 0 Å². The van der Waals surface area contributed by atoms with Gasteiger partial charge in [0.05, 0.1) is 6.42 Å². The number of rotatable bonds is 8. The van der Waals surface area contributed by atoms with Gasteiger partial charge in [-0.05, 0) is 47.7 Å². The fourth-order valence-electron chi connectivity index (χ4n) is 2.56. The third-order valence-electron chi connectivity index (χ3n) is 4.03. The van der Waals surface area contributed by atoms with E-state index in [0.717, 1.165) is 12.0 Å². The van der Waals surface area contributed by atoms with Gasteiger partial charge in [0.25, 0.3) is 5.91 Å². The molecule has 0 spiro atoms. The average molecular weight is 368 g/mol. The summed E-state index contributed by atoms with van der Waals surface area (Å²) in [6.45, 7) is 4.38. The molecule has 0 heterocycles. The van der Waals surface area contributed by atoms with Crippen molar-refractivity contribution in [2.24, 2.45) is 5.92 Å². The summed E-state index contributed by atoms with van der Waals surface area (Å²) in [4.78, 5) is 25.2. The number of nitrogens with zero attached hydrogens (tertiary/aromatic N) is 1. The average Bonchev–Trinajstić information content (AvgIpc) is 2.62. The predicted octanol–water partition coefficient (Wildman–Crippen LogP) is 3.53. The Hall–Kier alpha value is -2.82. The predicted molar refractivity (Wildman–Crippen MR) is 108 cm³/mol. The van der Waals surface area contributed by atoms with Gasteiger partial charge in [-0.25, -0.2) is 0 Å². The summed E-state index contributed by atoms with van der Waals surface area (Å²) in [7, 11) is 3.37. The first-order valence-electron chi connectivity index (χ1n) is 9.14. The maximum Gasteiger partial charge on any atom is 0.259 e. The fourth-order valence-corrected chi connectivity index (χ4v) is 2.56. The van der Waals surface area contributed by atoms with E-state index in [1.165, 1.54) is 10.5 Å². The van der Waals surface area contributed by atoms with Gasteiger partial charge in [0.1, 0.15) is 5.75 Å². The van der Waals surface area contributed by atoms with Crippen LogP contribution in [0.2, 0.25) is 0 Å². The molecule has 0 aromatic heterocycles. The molecule has 2 aromatic rings. The van der Waals surface area contributed by atoms with E-state index in [1.54, 1.807) is 38.4 Å². The maximum atomic E-state index is 12.2. The van der Waals surface area contributed by atoms with Crippen molar-refractivity contribution in [3.8, 4) is 5.75 Å². The molecule has 2 aromatic carbocycles. The molecule has 0 aliphatic carbocycles. The van der Waals surface area contributed by atoms with E-state index in [-0.39, 0.29) is 18.4 Å². The van der Waals surface area contributed by atoms with E-state index in [4.69, 9.17) is 4.74 Å². The molecule has 0 saturated carbocycles. The molecule has 0 radical (unpaired) electrons. The van der Waals surface area contributed by atoms with Crippen molar-refractivity contribution in [1.82, 2.24) is 4.90 Å². The minimum atomic E-state index is -0.105. The maximum absolute atomic E-state index is 12.2. The minimum Gasteiger partial charge on any atom is -0.484 e. The molecule has 1 N–H and O–H groups in total. The largest absolute Gasteiger partial charge is 0.484 e. The van der Waals surface area contributed by atoms with Crippen LogP contribution in [0.4, 0.5) is 5.69 Å². The van der Waals surface area contributed by atoms with Crippen LogP contribution in [-0.2, 0) is 22.4 Å². The van der Waals surface area contributed by atoms with Gasteiger partial charge < -0.3 is 15.0 Å². The molecule has 2 rings (SSSR count). The standard InChI is InChI=1S/C22H28N2O3/c1-16(2)13-17-5-7-18(8-6-17)14-21(25)23-19-9-11-20(12-10-19)27-15-22(26)24(3)4/h5-12,16H,13-15H2,1-4H3,(H,23,25). The monoisotopic (exact) mass is 368 g/mol. The summed E-state index contributed by atoms with van der Waals surface area (Å²) < 4.78 is 5.42. The van der Waals surface area contributed by atoms with Gasteiger partial charge in [-0.3, -0.25) is 9.59 Å². The summed E-state index contributed by atoms with van der Waals surface area (Å²) in [5.74, 6) is 1.03. The quantitative estimate of drug-likeness (QED) is 0.775. The van der Waals surface area contributed by atoms with E-state index in [2.05, 4.69) is 31.3 Å². The van der Waals surface area contributed by atoms with Crippen LogP contribution in [0.5, 0.6) is 5.75 Å². The summed E-state index contributed by atoms with van der Waals surface area (Å²) in [6, 6.07) is 15.2. The fraction of sp³-hybridized carbons (Fsp3) is 0.364. The van der Waals surface area contributed by atoms with Crippen LogP contribution >= 0.6 is 0 Å². The molecule has 2 amide bonds. The highest BCUT2D eigenvalue weighted by atomic mass is 16.5. The van der Waals surface area contributed by atoms with E-state index in [1.807, 2.05) is 12.1 Å². The SMILES string of the molecule is CC(C)Cc1ccc(CC(=O)Nc2ccc(OCC(=O)N(C)C)cc2)cc1. The molecule has 27 heavy (non-hydrogen) atoms. The third kappa shape index (κ3) is 7.13. The van der Waals surface area contributed by atoms with Gasteiger partial charge in [0.15, 0.2) is 6.61 Å². The lowest BCUT2D eigenvalue weighted by atomic mass is 10.0. The number of ether oxygens (including phenoxy) is 1. The number of anilines is 1. The van der Waals surface area contributed by atoms with Crippen molar-refractivity contribution < 1.29 is 14.3 Å². The highest BCUT2D eigenvalue weighted by Crippen LogP contribution is 2.16. The number of likely N-dealkylation sites (N-methyl/N-ethyl adjacent to an activating group) is 1. The van der Waals surface area contributed by atoms with Gasteiger partial charge in [-0.15, -0.1) is 0 Å². The first-order chi connectivity index (χ1) is 12.8. The second kappa shape index (κ2) is 9.76. The first-order valence-corrected chi connectivity index (χ1v) is 9.14. The first kappa shape index (κ1) is 20.5. The van der Waals surface area contributed by atoms with E-state index < -0.39 is 0 Å². The van der Waals surface area contributed by atoms with Crippen LogP contribution in [0.1, 0.15) is 25.0 Å². The molecule has 5 nitrogen and oxygen atoms in total. The molecule has 0 fully saturated rings. The Kier molecular flexibility index (Phi) is 7.41. The topological polar surface area (TPSA) is 58.6 Å². The van der Waals surface area contributed by atoms with Gasteiger partial charge in [-0.1, -0.05) is 38.1 Å². The number of carbonyl (C=O) groups is 2. The molecule has 5 heteroatoms. The van der Waals surface area contributed by atoms with Crippen LogP contribution in [0, 0.1) is 5.92 Å². The second-order valence-corrected chi connectivity index (χ2v) is 7.24. The highest BCUT2D eigenvalue weighted by Gasteiger charge is 2.07. The Morgan fingerprint density at radius 2 is 1.56 bits per heavy atom. The van der Waals surface area contributed by atoms with Crippen LogP contribution in [0.3, 0.4) is 0 Å². The van der Waals surface area contributed by atoms with Crippen LogP contribution in [0.15, 0.2) is 48.5 Å². The van der Waals surface area contributed by atoms with Gasteiger partial charge in [-0.2, -0.15) is 0 Å². The number of benzene rings is 2. The number of hydrogen-bond acceptors (Lipinski definition) is 3. The van der Waals surface area contributed by atoms with Crippen LogP contribution < -0.4 is 10.1 Å². The molecule has 0 bridgehead atoms. The molecule has 144 valence electrons. The third-order valence-corrected chi connectivity index (χ3v) is 4.03. The Morgan fingerprint density at radius 1 is 0.963 bits per heavy atom. The van der Waals surface area contributed by atoms with E-state index in [0.29, 0.717) is 23.8 Å². The van der Waals surface area contributed by atoms with Crippen molar-refractivity contribution in [2.45, 2.75) is 26.7 Å².